The molecule has 0 aliphatic heterocycles. The molecule has 2 aromatic carbocycles. The first kappa shape index (κ1) is 29.4. The summed E-state index contributed by atoms with van der Waals surface area (Å²) >= 11 is 11.5. The first-order chi connectivity index (χ1) is 17.5. The van der Waals surface area contributed by atoms with Gasteiger partial charge in [-0.2, -0.15) is 0 Å². The van der Waals surface area contributed by atoms with Gasteiger partial charge in [-0.05, 0) is 72.8 Å². The third-order valence-electron chi connectivity index (χ3n) is 4.31. The fourth-order valence-electron chi connectivity index (χ4n) is 2.53. The van der Waals surface area contributed by atoms with Gasteiger partial charge in [0.05, 0.1) is 34.9 Å². The molecule has 0 amide bonds. The summed E-state index contributed by atoms with van der Waals surface area (Å²) in [5.41, 5.74) is 2.73. The van der Waals surface area contributed by atoms with Gasteiger partial charge in [-0.25, -0.2) is 0 Å². The van der Waals surface area contributed by atoms with Crippen LogP contribution in [0, 0.1) is 0 Å². The molecule has 0 aliphatic rings. The van der Waals surface area contributed by atoms with Crippen LogP contribution in [0.2, 0.25) is 10.0 Å². The second kappa shape index (κ2) is 16.0. The van der Waals surface area contributed by atoms with Crippen molar-refractivity contribution in [3.05, 3.63) is 130 Å². The van der Waals surface area contributed by atoms with Gasteiger partial charge in [0, 0.05) is 22.4 Å². The number of rotatable bonds is 6. The predicted octanol–water partition coefficient (Wildman–Crippen LogP) is 4.48. The first-order valence-corrected chi connectivity index (χ1v) is 11.3. The van der Waals surface area contributed by atoms with Crippen LogP contribution in [0.15, 0.2) is 118 Å². The molecular formula is C26H22Cl2CuN6O2+4. The summed E-state index contributed by atoms with van der Waals surface area (Å²) in [6, 6.07) is 24.7. The fourth-order valence-corrected chi connectivity index (χ4v) is 2.78. The SMILES string of the molecule is [Cu+2].[OH2+]C(=NN=Cc1ccccn1)c1ccc(Cl)cc1.[OH2+]C(=NN=Cc1ccccn1)c1ccc(Cl)cc1. The van der Waals surface area contributed by atoms with E-state index in [1.54, 1.807) is 60.9 Å². The normalized spacial score (nSPS) is 11.6. The van der Waals surface area contributed by atoms with E-state index in [1.165, 1.54) is 12.4 Å². The Labute approximate surface area is 234 Å². The maximum atomic E-state index is 7.72. The van der Waals surface area contributed by atoms with Gasteiger partial charge in [0.1, 0.15) is 0 Å². The van der Waals surface area contributed by atoms with Crippen molar-refractivity contribution in [1.29, 1.82) is 0 Å². The molecular weight excluding hydrogens is 563 g/mol. The second-order valence-corrected chi connectivity index (χ2v) is 7.78. The number of hydrogen-bond acceptors (Lipinski definition) is 6. The molecule has 4 N–H and O–H groups in total. The van der Waals surface area contributed by atoms with Crippen molar-refractivity contribution >= 4 is 47.4 Å². The largest absolute Gasteiger partial charge is 2.00 e. The van der Waals surface area contributed by atoms with E-state index in [4.69, 9.17) is 33.4 Å². The number of pyridine rings is 2. The predicted molar refractivity (Wildman–Crippen MR) is 147 cm³/mol. The molecule has 4 aromatic rings. The Kier molecular flexibility index (Phi) is 12.7. The van der Waals surface area contributed by atoms with Crippen molar-refractivity contribution in [3.8, 4) is 0 Å². The van der Waals surface area contributed by atoms with Gasteiger partial charge in [0.2, 0.25) is 0 Å². The summed E-state index contributed by atoms with van der Waals surface area (Å²) in [5, 5.41) is 31.9. The molecule has 1 radical (unpaired) electrons. The summed E-state index contributed by atoms with van der Waals surface area (Å²) in [7, 11) is 0. The topological polar surface area (TPSA) is 121 Å². The Balaban J connectivity index is 0.000000253. The van der Waals surface area contributed by atoms with E-state index in [1.807, 2.05) is 36.4 Å². The van der Waals surface area contributed by atoms with Crippen molar-refractivity contribution in [1.82, 2.24) is 9.97 Å². The monoisotopic (exact) mass is 583 g/mol. The molecule has 37 heavy (non-hydrogen) atoms. The number of aromatic nitrogens is 2. The summed E-state index contributed by atoms with van der Waals surface area (Å²) in [4.78, 5) is 8.13. The zero-order valence-corrected chi connectivity index (χ0v) is 21.6. The Morgan fingerprint density at radius 2 is 0.973 bits per heavy atom. The molecule has 0 saturated heterocycles. The van der Waals surface area contributed by atoms with Crippen LogP contribution < -0.4 is 0 Å². The van der Waals surface area contributed by atoms with E-state index in [9.17, 15) is 0 Å². The molecule has 2 heterocycles. The molecule has 4 rings (SSSR count). The number of hydrogen-bond donors (Lipinski definition) is 0. The summed E-state index contributed by atoms with van der Waals surface area (Å²) in [6.45, 7) is 0. The standard InChI is InChI=1S/2C13H10ClN3O.Cu/c2*14-11-6-4-10(5-7-11)13(18)17-16-9-12-3-1-2-8-15-12;/h2*1-9H,(H,17,18);/q;;+2/p+2. The minimum atomic E-state index is 0. The minimum absolute atomic E-state index is 0. The van der Waals surface area contributed by atoms with E-state index in [0.29, 0.717) is 32.6 Å². The Bertz CT molecular complexity index is 1240. The molecule has 2 aromatic heterocycles. The molecule has 0 fully saturated rings. The van der Waals surface area contributed by atoms with E-state index in [-0.39, 0.29) is 28.9 Å². The van der Waals surface area contributed by atoms with Crippen LogP contribution in [0.1, 0.15) is 22.5 Å². The van der Waals surface area contributed by atoms with Gasteiger partial charge in [-0.1, -0.05) is 45.5 Å². The quantitative estimate of drug-likeness (QED) is 0.109. The van der Waals surface area contributed by atoms with E-state index in [2.05, 4.69) is 30.4 Å². The van der Waals surface area contributed by atoms with Gasteiger partial charge in [0.15, 0.2) is 0 Å². The average Bonchev–Trinajstić information content (AvgIpc) is 2.91. The number of benzene rings is 2. The van der Waals surface area contributed by atoms with Crippen molar-refractivity contribution in [3.63, 3.8) is 0 Å². The van der Waals surface area contributed by atoms with Crippen molar-refractivity contribution in [2.45, 2.75) is 0 Å². The van der Waals surface area contributed by atoms with Crippen LogP contribution in [-0.4, -0.2) is 44.4 Å². The van der Waals surface area contributed by atoms with Gasteiger partial charge in [0.25, 0.3) is 0 Å². The molecule has 0 spiro atoms. The number of nitrogens with zero attached hydrogens (tertiary/aromatic N) is 6. The molecule has 0 atom stereocenters. The summed E-state index contributed by atoms with van der Waals surface area (Å²) in [6.07, 6.45) is 6.35. The first-order valence-electron chi connectivity index (χ1n) is 10.5. The maximum Gasteiger partial charge on any atom is 2.00 e. The van der Waals surface area contributed by atoms with E-state index in [0.717, 1.165) is 0 Å². The maximum absolute atomic E-state index is 7.72. The van der Waals surface area contributed by atoms with Crippen LogP contribution in [0.4, 0.5) is 0 Å². The second-order valence-electron chi connectivity index (χ2n) is 6.91. The number of halogens is 2. The smallest absolute Gasteiger partial charge is 0.577 e. The van der Waals surface area contributed by atoms with Crippen LogP contribution in [0.5, 0.6) is 0 Å². The van der Waals surface area contributed by atoms with Crippen LogP contribution >= 0.6 is 23.2 Å². The molecule has 0 saturated carbocycles. The van der Waals surface area contributed by atoms with Gasteiger partial charge < -0.3 is 10.2 Å². The van der Waals surface area contributed by atoms with Crippen LogP contribution in [0.25, 0.3) is 0 Å². The third kappa shape index (κ3) is 10.7. The van der Waals surface area contributed by atoms with E-state index >= 15 is 0 Å². The van der Waals surface area contributed by atoms with Crippen molar-refractivity contribution in [2.24, 2.45) is 20.4 Å². The Morgan fingerprint density at radius 3 is 1.30 bits per heavy atom. The average molecular weight is 585 g/mol. The van der Waals surface area contributed by atoms with Crippen molar-refractivity contribution in [2.75, 3.05) is 0 Å². The Hall–Kier alpha value is -3.88. The Morgan fingerprint density at radius 1 is 0.595 bits per heavy atom. The van der Waals surface area contributed by atoms with E-state index < -0.39 is 0 Å². The fraction of sp³-hybridized carbons (Fsp3) is 0. The van der Waals surface area contributed by atoms with Gasteiger partial charge >= 0.3 is 28.9 Å². The third-order valence-corrected chi connectivity index (χ3v) is 4.81. The molecule has 189 valence electrons. The van der Waals surface area contributed by atoms with Crippen LogP contribution in [-0.2, 0) is 17.1 Å². The summed E-state index contributed by atoms with van der Waals surface area (Å²) < 4.78 is 0. The molecule has 0 unspecified atom stereocenters. The van der Waals surface area contributed by atoms with Gasteiger partial charge in [-0.15, -0.1) is 10.2 Å². The van der Waals surface area contributed by atoms with Gasteiger partial charge in [-0.3, -0.25) is 9.97 Å². The molecule has 11 heteroatoms. The van der Waals surface area contributed by atoms with Crippen molar-refractivity contribution < 1.29 is 27.3 Å². The molecule has 0 aliphatic carbocycles. The van der Waals surface area contributed by atoms with Crippen LogP contribution in [0.3, 0.4) is 0 Å². The zero-order chi connectivity index (χ0) is 25.6. The molecule has 8 nitrogen and oxygen atoms in total. The summed E-state index contributed by atoms with van der Waals surface area (Å²) in [5.74, 6) is 0.165. The zero-order valence-electron chi connectivity index (χ0n) is 19.1. The minimum Gasteiger partial charge on any atom is -0.577 e. The molecule has 0 bridgehead atoms.